The molecule has 0 unspecified atom stereocenters. The van der Waals surface area contributed by atoms with Crippen LogP contribution in [0.3, 0.4) is 0 Å². The molecule has 26 heavy (non-hydrogen) atoms. The predicted octanol–water partition coefficient (Wildman–Crippen LogP) is 3.47. The number of rotatable bonds is 0. The van der Waals surface area contributed by atoms with E-state index in [0.29, 0.717) is 13.5 Å². The smallest absolute Gasteiger partial charge is 0.293 e. The number of ether oxygens (including phenoxy) is 2. The van der Waals surface area contributed by atoms with E-state index in [9.17, 15) is 0 Å². The molecule has 0 saturated heterocycles. The quantitative estimate of drug-likeness (QED) is 0.458. The number of aromatic nitrogens is 2. The number of pyridine rings is 2. The minimum absolute atomic E-state index is 0.604. The lowest BCUT2D eigenvalue weighted by atomic mass is 10.1. The fourth-order valence-electron chi connectivity index (χ4n) is 3.45. The van der Waals surface area contributed by atoms with Crippen molar-refractivity contribution in [2.75, 3.05) is 0 Å². The van der Waals surface area contributed by atoms with E-state index in [4.69, 9.17) is 9.47 Å². The van der Waals surface area contributed by atoms with Crippen LogP contribution in [0.2, 0.25) is 0 Å². The van der Waals surface area contributed by atoms with Crippen molar-refractivity contribution in [2.45, 2.75) is 13.5 Å². The molecule has 0 aliphatic carbocycles. The van der Waals surface area contributed by atoms with Crippen molar-refractivity contribution >= 4 is 10.9 Å². The highest BCUT2D eigenvalue weighted by atomic mass is 16.5. The van der Waals surface area contributed by atoms with Crippen LogP contribution in [0.4, 0.5) is 0 Å². The Hall–Kier alpha value is -3.40. The molecule has 126 valence electrons. The molecule has 2 aliphatic heterocycles. The average Bonchev–Trinajstić information content (AvgIpc) is 3.14. The van der Waals surface area contributed by atoms with Crippen molar-refractivity contribution in [3.05, 3.63) is 85.2 Å². The molecule has 6 rings (SSSR count). The van der Waals surface area contributed by atoms with Gasteiger partial charge in [-0.2, -0.15) is 9.13 Å². The molecule has 4 nitrogen and oxygen atoms in total. The first-order valence-electron chi connectivity index (χ1n) is 8.65. The monoisotopic (exact) mass is 342 g/mol. The van der Waals surface area contributed by atoms with Crippen molar-refractivity contribution in [3.63, 3.8) is 0 Å². The maximum atomic E-state index is 5.61. The summed E-state index contributed by atoms with van der Waals surface area (Å²) >= 11 is 0. The molecule has 0 spiro atoms. The van der Waals surface area contributed by atoms with Gasteiger partial charge in [-0.15, -0.1) is 0 Å². The molecule has 0 radical (unpaired) electrons. The molecule has 0 saturated carbocycles. The zero-order valence-electron chi connectivity index (χ0n) is 14.2. The molecule has 0 N–H and O–H groups in total. The van der Waals surface area contributed by atoms with E-state index in [1.807, 2.05) is 60.9 Å². The van der Waals surface area contributed by atoms with Crippen LogP contribution in [0, 0.1) is 0 Å². The number of benzene rings is 2. The van der Waals surface area contributed by atoms with Crippen LogP contribution in [0.25, 0.3) is 22.2 Å². The van der Waals surface area contributed by atoms with Crippen LogP contribution in [-0.4, -0.2) is 0 Å². The molecule has 2 aromatic carbocycles. The number of para-hydroxylation sites is 2. The highest BCUT2D eigenvalue weighted by Crippen LogP contribution is 2.29. The van der Waals surface area contributed by atoms with Gasteiger partial charge in [0.05, 0.1) is 10.9 Å². The Morgan fingerprint density at radius 1 is 0.615 bits per heavy atom. The van der Waals surface area contributed by atoms with Gasteiger partial charge in [0.15, 0.2) is 18.1 Å². The van der Waals surface area contributed by atoms with Gasteiger partial charge in [-0.05, 0) is 36.4 Å². The SMILES string of the molecule is c1cc2c3c(c1)ccc[n+]3CO2.c1ccc2c(c1)OC[n+]1ccccc1-2. The fraction of sp³-hybridized carbons (Fsp3) is 0.0909. The van der Waals surface area contributed by atoms with Crippen molar-refractivity contribution < 1.29 is 18.6 Å². The molecule has 2 aliphatic rings. The van der Waals surface area contributed by atoms with Gasteiger partial charge in [0.25, 0.3) is 19.0 Å². The van der Waals surface area contributed by atoms with Crippen LogP contribution in [0.5, 0.6) is 11.5 Å². The lowest BCUT2D eigenvalue weighted by molar-refractivity contribution is -0.717. The minimum Gasteiger partial charge on any atom is -0.435 e. The Kier molecular flexibility index (Phi) is 3.53. The topological polar surface area (TPSA) is 26.2 Å². The molecule has 2 aromatic heterocycles. The van der Waals surface area contributed by atoms with Gasteiger partial charge < -0.3 is 9.47 Å². The maximum Gasteiger partial charge on any atom is 0.293 e. The van der Waals surface area contributed by atoms with E-state index in [1.54, 1.807) is 0 Å². The van der Waals surface area contributed by atoms with E-state index >= 15 is 0 Å². The number of nitrogens with zero attached hydrogens (tertiary/aromatic N) is 2. The second-order valence-electron chi connectivity index (χ2n) is 6.27. The third-order valence-electron chi connectivity index (χ3n) is 4.68. The summed E-state index contributed by atoms with van der Waals surface area (Å²) in [6, 6.07) is 24.6. The van der Waals surface area contributed by atoms with Crippen molar-refractivity contribution in [1.29, 1.82) is 0 Å². The van der Waals surface area contributed by atoms with Crippen molar-refractivity contribution in [3.8, 4) is 22.8 Å². The Balaban J connectivity index is 0.000000117. The van der Waals surface area contributed by atoms with Crippen molar-refractivity contribution in [1.82, 2.24) is 0 Å². The minimum atomic E-state index is 0.604. The Labute approximate surface area is 151 Å². The summed E-state index contributed by atoms with van der Waals surface area (Å²) < 4.78 is 15.3. The second-order valence-corrected chi connectivity index (χ2v) is 6.27. The van der Waals surface area contributed by atoms with Gasteiger partial charge in [-0.3, -0.25) is 0 Å². The number of hydrogen-bond donors (Lipinski definition) is 0. The van der Waals surface area contributed by atoms with Gasteiger partial charge in [0.2, 0.25) is 5.69 Å². The van der Waals surface area contributed by atoms with Crippen LogP contribution >= 0.6 is 0 Å². The predicted molar refractivity (Wildman–Crippen MR) is 97.5 cm³/mol. The van der Waals surface area contributed by atoms with E-state index in [0.717, 1.165) is 11.5 Å². The highest BCUT2D eigenvalue weighted by molar-refractivity contribution is 5.81. The van der Waals surface area contributed by atoms with Gasteiger partial charge in [0.1, 0.15) is 5.75 Å². The van der Waals surface area contributed by atoms with Crippen LogP contribution < -0.4 is 18.6 Å². The van der Waals surface area contributed by atoms with Gasteiger partial charge in [-0.1, -0.05) is 18.2 Å². The first kappa shape index (κ1) is 14.9. The van der Waals surface area contributed by atoms with E-state index in [1.165, 1.54) is 22.2 Å². The van der Waals surface area contributed by atoms with E-state index in [2.05, 4.69) is 33.4 Å². The van der Waals surface area contributed by atoms with Gasteiger partial charge in [-0.25, -0.2) is 0 Å². The summed E-state index contributed by atoms with van der Waals surface area (Å²) in [6.07, 6.45) is 4.07. The Bertz CT molecular complexity index is 1020. The second kappa shape index (κ2) is 6.15. The summed E-state index contributed by atoms with van der Waals surface area (Å²) in [4.78, 5) is 0. The molecule has 0 atom stereocenters. The average molecular weight is 342 g/mol. The standard InChI is InChI=1S/C12H10NO.C10H8NO/c1-2-7-12-10(5-1)11-6-3-4-8-13(11)9-14-12;1-3-8-4-2-6-11-7-12-9(5-1)10(8)11/h1-8H,9H2;1-6H,7H2/q2*+1. The summed E-state index contributed by atoms with van der Waals surface area (Å²) in [5.41, 5.74) is 3.59. The molecule has 4 heteroatoms. The Morgan fingerprint density at radius 2 is 1.35 bits per heavy atom. The molecule has 0 amide bonds. The summed E-state index contributed by atoms with van der Waals surface area (Å²) in [7, 11) is 0. The molecule has 4 heterocycles. The highest BCUT2D eigenvalue weighted by Gasteiger charge is 2.22. The Morgan fingerprint density at radius 3 is 2.35 bits per heavy atom. The third-order valence-corrected chi connectivity index (χ3v) is 4.68. The van der Waals surface area contributed by atoms with E-state index < -0.39 is 0 Å². The first-order valence-corrected chi connectivity index (χ1v) is 8.65. The van der Waals surface area contributed by atoms with Crippen LogP contribution in [-0.2, 0) is 13.5 Å². The van der Waals surface area contributed by atoms with E-state index in [-0.39, 0.29) is 0 Å². The lowest BCUT2D eigenvalue weighted by Crippen LogP contribution is -2.41. The fourth-order valence-corrected chi connectivity index (χ4v) is 3.45. The van der Waals surface area contributed by atoms with Gasteiger partial charge >= 0.3 is 0 Å². The molecule has 0 bridgehead atoms. The zero-order chi connectivity index (χ0) is 17.3. The maximum absolute atomic E-state index is 5.61. The van der Waals surface area contributed by atoms with Crippen LogP contribution in [0.15, 0.2) is 85.2 Å². The zero-order valence-corrected chi connectivity index (χ0v) is 14.2. The third kappa shape index (κ3) is 2.47. The summed E-state index contributed by atoms with van der Waals surface area (Å²) in [5, 5.41) is 1.24. The summed E-state index contributed by atoms with van der Waals surface area (Å²) in [5.74, 6) is 1.96. The molecule has 0 fully saturated rings. The summed E-state index contributed by atoms with van der Waals surface area (Å²) in [6.45, 7) is 1.25. The lowest BCUT2D eigenvalue weighted by Gasteiger charge is -2.14. The van der Waals surface area contributed by atoms with Crippen molar-refractivity contribution in [2.24, 2.45) is 0 Å². The molecular weight excluding hydrogens is 324 g/mol. The first-order chi connectivity index (χ1) is 12.9. The normalized spacial score (nSPS) is 12.9. The number of hydrogen-bond acceptors (Lipinski definition) is 2. The largest absolute Gasteiger partial charge is 0.435 e. The molecule has 4 aromatic rings. The number of fused-ring (bicyclic) bond motifs is 3. The molecular formula is C22H18N2O2+2. The van der Waals surface area contributed by atoms with Gasteiger partial charge in [0, 0.05) is 18.2 Å². The van der Waals surface area contributed by atoms with Crippen LogP contribution in [0.1, 0.15) is 0 Å².